The van der Waals surface area contributed by atoms with Crippen LogP contribution in [0.2, 0.25) is 0 Å². The van der Waals surface area contributed by atoms with Gasteiger partial charge in [-0.2, -0.15) is 0 Å². The van der Waals surface area contributed by atoms with Crippen LogP contribution in [0.1, 0.15) is 21.5 Å². The molecule has 22 heavy (non-hydrogen) atoms. The summed E-state index contributed by atoms with van der Waals surface area (Å²) < 4.78 is 5.24. The van der Waals surface area contributed by atoms with E-state index in [0.717, 1.165) is 33.5 Å². The normalized spacial score (nSPS) is 10.7. The minimum Gasteiger partial charge on any atom is -0.497 e. The Kier molecular flexibility index (Phi) is 3.59. The molecule has 112 valence electrons. The highest BCUT2D eigenvalue weighted by Gasteiger charge is 2.14. The van der Waals surface area contributed by atoms with Gasteiger partial charge in [0.2, 0.25) is 0 Å². The van der Waals surface area contributed by atoms with Gasteiger partial charge in [0.25, 0.3) is 5.91 Å². The van der Waals surface area contributed by atoms with E-state index < -0.39 is 0 Å². The summed E-state index contributed by atoms with van der Waals surface area (Å²) in [6.07, 6.45) is 1.73. The Morgan fingerprint density at radius 2 is 1.86 bits per heavy atom. The third-order valence-electron chi connectivity index (χ3n) is 3.85. The quantitative estimate of drug-likeness (QED) is 0.765. The smallest absolute Gasteiger partial charge is 0.257 e. The van der Waals surface area contributed by atoms with Crippen molar-refractivity contribution in [2.24, 2.45) is 0 Å². The maximum absolute atomic E-state index is 12.6. The van der Waals surface area contributed by atoms with Crippen molar-refractivity contribution in [3.05, 3.63) is 59.3 Å². The fourth-order valence-corrected chi connectivity index (χ4v) is 2.61. The van der Waals surface area contributed by atoms with Gasteiger partial charge in [0.05, 0.1) is 12.7 Å². The Morgan fingerprint density at radius 3 is 2.55 bits per heavy atom. The summed E-state index contributed by atoms with van der Waals surface area (Å²) in [5.74, 6) is 0.602. The molecular weight excluding hydrogens is 276 g/mol. The molecule has 1 amide bonds. The van der Waals surface area contributed by atoms with Crippen molar-refractivity contribution in [1.82, 2.24) is 4.98 Å². The molecule has 1 heterocycles. The lowest BCUT2D eigenvalue weighted by molar-refractivity contribution is 0.102. The van der Waals surface area contributed by atoms with Crippen molar-refractivity contribution in [3.8, 4) is 5.75 Å². The fraction of sp³-hybridized carbons (Fsp3) is 0.167. The van der Waals surface area contributed by atoms with Crippen LogP contribution in [-0.4, -0.2) is 18.0 Å². The third-order valence-corrected chi connectivity index (χ3v) is 3.85. The molecule has 0 atom stereocenters. The number of rotatable bonds is 3. The van der Waals surface area contributed by atoms with Crippen LogP contribution in [-0.2, 0) is 0 Å². The van der Waals surface area contributed by atoms with E-state index >= 15 is 0 Å². The highest BCUT2D eigenvalue weighted by Crippen LogP contribution is 2.26. The maximum atomic E-state index is 12.6. The molecule has 2 N–H and O–H groups in total. The SMILES string of the molecule is COc1ccc2[nH]cc(C(=O)Nc3c(C)cccc3C)c2c1. The molecular formula is C18H18N2O2. The number of hydrogen-bond acceptors (Lipinski definition) is 2. The van der Waals surface area contributed by atoms with Crippen LogP contribution in [0.15, 0.2) is 42.6 Å². The number of aromatic amines is 1. The molecule has 0 unspecified atom stereocenters. The monoisotopic (exact) mass is 294 g/mol. The molecule has 3 rings (SSSR count). The number of H-pyrrole nitrogens is 1. The zero-order chi connectivity index (χ0) is 15.7. The van der Waals surface area contributed by atoms with Crippen molar-refractivity contribution < 1.29 is 9.53 Å². The molecule has 4 heteroatoms. The zero-order valence-corrected chi connectivity index (χ0v) is 12.9. The molecule has 3 aromatic rings. The van der Waals surface area contributed by atoms with E-state index in [1.54, 1.807) is 13.3 Å². The molecule has 1 aromatic heterocycles. The molecule has 0 aliphatic heterocycles. The van der Waals surface area contributed by atoms with Gasteiger partial charge in [0.1, 0.15) is 5.75 Å². The Hall–Kier alpha value is -2.75. The van der Waals surface area contributed by atoms with Crippen LogP contribution in [0.4, 0.5) is 5.69 Å². The third kappa shape index (κ3) is 2.44. The van der Waals surface area contributed by atoms with Gasteiger partial charge in [0.15, 0.2) is 0 Å². The van der Waals surface area contributed by atoms with E-state index in [1.165, 1.54) is 0 Å². The first-order valence-corrected chi connectivity index (χ1v) is 7.13. The number of nitrogens with one attached hydrogen (secondary N) is 2. The van der Waals surface area contributed by atoms with Gasteiger partial charge in [-0.25, -0.2) is 0 Å². The Balaban J connectivity index is 1.99. The second kappa shape index (κ2) is 5.56. The summed E-state index contributed by atoms with van der Waals surface area (Å²) in [6, 6.07) is 11.6. The molecule has 0 bridgehead atoms. The minimum atomic E-state index is -0.128. The summed E-state index contributed by atoms with van der Waals surface area (Å²) >= 11 is 0. The van der Waals surface area contributed by atoms with Crippen LogP contribution in [0.5, 0.6) is 5.75 Å². The van der Waals surface area contributed by atoms with Gasteiger partial charge in [-0.1, -0.05) is 18.2 Å². The number of fused-ring (bicyclic) bond motifs is 1. The van der Waals surface area contributed by atoms with Crippen molar-refractivity contribution in [2.45, 2.75) is 13.8 Å². The number of amides is 1. The second-order valence-electron chi connectivity index (χ2n) is 5.33. The van der Waals surface area contributed by atoms with E-state index in [9.17, 15) is 4.79 Å². The van der Waals surface area contributed by atoms with Crippen LogP contribution in [0.3, 0.4) is 0 Å². The van der Waals surface area contributed by atoms with Crippen molar-refractivity contribution in [2.75, 3.05) is 12.4 Å². The summed E-state index contributed by atoms with van der Waals surface area (Å²) in [6.45, 7) is 3.97. The Labute approximate surface area is 129 Å². The summed E-state index contributed by atoms with van der Waals surface area (Å²) in [4.78, 5) is 15.7. The predicted molar refractivity (Wildman–Crippen MR) is 88.7 cm³/mol. The number of hydrogen-bond donors (Lipinski definition) is 2. The van der Waals surface area contributed by atoms with Crippen LogP contribution >= 0.6 is 0 Å². The first-order valence-electron chi connectivity index (χ1n) is 7.13. The van der Waals surface area contributed by atoms with Crippen molar-refractivity contribution >= 4 is 22.5 Å². The van der Waals surface area contributed by atoms with E-state index in [2.05, 4.69) is 10.3 Å². The molecule has 0 spiro atoms. The van der Waals surface area contributed by atoms with Gasteiger partial charge in [-0.3, -0.25) is 4.79 Å². The summed E-state index contributed by atoms with van der Waals surface area (Å²) in [7, 11) is 1.62. The molecule has 2 aromatic carbocycles. The number of carbonyl (C=O) groups excluding carboxylic acids is 1. The predicted octanol–water partition coefficient (Wildman–Crippen LogP) is 4.05. The zero-order valence-electron chi connectivity index (χ0n) is 12.9. The van der Waals surface area contributed by atoms with Gasteiger partial charge in [0, 0.05) is 22.8 Å². The number of methoxy groups -OCH3 is 1. The van der Waals surface area contributed by atoms with Gasteiger partial charge in [-0.15, -0.1) is 0 Å². The average molecular weight is 294 g/mol. The number of aromatic nitrogens is 1. The molecule has 0 aliphatic carbocycles. The summed E-state index contributed by atoms with van der Waals surface area (Å²) in [5.41, 5.74) is 4.48. The number of aryl methyl sites for hydroxylation is 2. The van der Waals surface area contributed by atoms with Gasteiger partial charge in [-0.05, 0) is 43.2 Å². The fourth-order valence-electron chi connectivity index (χ4n) is 2.61. The molecule has 4 nitrogen and oxygen atoms in total. The van der Waals surface area contributed by atoms with E-state index in [1.807, 2.05) is 50.2 Å². The van der Waals surface area contributed by atoms with Gasteiger partial charge >= 0.3 is 0 Å². The highest BCUT2D eigenvalue weighted by atomic mass is 16.5. The topological polar surface area (TPSA) is 54.1 Å². The number of benzene rings is 2. The standard InChI is InChI=1S/C18H18N2O2/c1-11-5-4-6-12(2)17(11)20-18(21)15-10-19-16-8-7-13(22-3)9-14(15)16/h4-10,19H,1-3H3,(H,20,21). The van der Waals surface area contributed by atoms with Crippen molar-refractivity contribution in [3.63, 3.8) is 0 Å². The van der Waals surface area contributed by atoms with Crippen LogP contribution in [0, 0.1) is 13.8 Å². The lowest BCUT2D eigenvalue weighted by atomic mass is 10.1. The minimum absolute atomic E-state index is 0.128. The molecule has 0 fully saturated rings. The first-order chi connectivity index (χ1) is 10.6. The number of para-hydroxylation sites is 1. The van der Waals surface area contributed by atoms with E-state index in [0.29, 0.717) is 5.56 Å². The average Bonchev–Trinajstić information content (AvgIpc) is 2.94. The van der Waals surface area contributed by atoms with E-state index in [4.69, 9.17) is 4.74 Å². The Morgan fingerprint density at radius 1 is 1.14 bits per heavy atom. The molecule has 0 saturated heterocycles. The first kappa shape index (κ1) is 14.2. The molecule has 0 saturated carbocycles. The number of carbonyl (C=O) groups is 1. The van der Waals surface area contributed by atoms with E-state index in [-0.39, 0.29) is 5.91 Å². The van der Waals surface area contributed by atoms with Gasteiger partial charge < -0.3 is 15.0 Å². The number of anilines is 1. The second-order valence-corrected chi connectivity index (χ2v) is 5.33. The molecule has 0 aliphatic rings. The number of ether oxygens (including phenoxy) is 1. The molecule has 0 radical (unpaired) electrons. The summed E-state index contributed by atoms with van der Waals surface area (Å²) in [5, 5.41) is 3.86. The van der Waals surface area contributed by atoms with Crippen LogP contribution in [0.25, 0.3) is 10.9 Å². The largest absolute Gasteiger partial charge is 0.497 e. The maximum Gasteiger partial charge on any atom is 0.257 e. The van der Waals surface area contributed by atoms with Crippen LogP contribution < -0.4 is 10.1 Å². The lowest BCUT2D eigenvalue weighted by Gasteiger charge is -2.11. The van der Waals surface area contributed by atoms with Crippen molar-refractivity contribution in [1.29, 1.82) is 0 Å². The lowest BCUT2D eigenvalue weighted by Crippen LogP contribution is -2.13. The Bertz CT molecular complexity index is 829. The highest BCUT2D eigenvalue weighted by molar-refractivity contribution is 6.13.